The van der Waals surface area contributed by atoms with E-state index in [4.69, 9.17) is 9.72 Å². The molecule has 0 saturated carbocycles. The third-order valence-electron chi connectivity index (χ3n) is 5.97. The first-order chi connectivity index (χ1) is 14.7. The van der Waals surface area contributed by atoms with Crippen LogP contribution in [0.3, 0.4) is 0 Å². The minimum Gasteiger partial charge on any atom is -0.375 e. The highest BCUT2D eigenvalue weighted by atomic mass is 32.1. The molecule has 156 valence electrons. The number of nitrogens with one attached hydrogen (secondary N) is 2. The minimum atomic E-state index is -0.235. The summed E-state index contributed by atoms with van der Waals surface area (Å²) in [4.78, 5) is 10.2. The quantitative estimate of drug-likeness (QED) is 0.617. The Hall–Kier alpha value is -2.35. The van der Waals surface area contributed by atoms with Crippen LogP contribution in [0.25, 0.3) is 10.4 Å². The van der Waals surface area contributed by atoms with Gasteiger partial charge in [0.05, 0.1) is 17.1 Å². The molecule has 2 aliphatic heterocycles. The second kappa shape index (κ2) is 8.41. The highest BCUT2D eigenvalue weighted by Gasteiger charge is 2.41. The predicted molar refractivity (Wildman–Crippen MR) is 118 cm³/mol. The molecule has 0 bridgehead atoms. The van der Waals surface area contributed by atoms with Crippen molar-refractivity contribution in [1.82, 2.24) is 15.3 Å². The molecule has 0 radical (unpaired) electrons. The molecule has 1 atom stereocenters. The lowest BCUT2D eigenvalue weighted by molar-refractivity contribution is -0.0196. The van der Waals surface area contributed by atoms with Gasteiger partial charge in [0.15, 0.2) is 5.13 Å². The summed E-state index contributed by atoms with van der Waals surface area (Å²) in [5, 5.41) is 7.51. The summed E-state index contributed by atoms with van der Waals surface area (Å²) in [6.45, 7) is 2.93. The molecule has 2 fully saturated rings. The maximum absolute atomic E-state index is 13.1. The van der Waals surface area contributed by atoms with E-state index in [1.165, 1.54) is 23.5 Å². The van der Waals surface area contributed by atoms with Crippen LogP contribution in [-0.2, 0) is 11.2 Å². The topological polar surface area (TPSA) is 59.1 Å². The Balaban J connectivity index is 1.23. The molecule has 2 aromatic heterocycles. The molecule has 7 heteroatoms. The van der Waals surface area contributed by atoms with E-state index in [9.17, 15) is 4.39 Å². The fraction of sp³-hybridized carbons (Fsp3) is 0.391. The number of benzene rings is 1. The smallest absolute Gasteiger partial charge is 0.188 e. The Morgan fingerprint density at radius 3 is 2.83 bits per heavy atom. The lowest BCUT2D eigenvalue weighted by Crippen LogP contribution is -2.41. The van der Waals surface area contributed by atoms with Crippen LogP contribution in [-0.4, -0.2) is 35.3 Å². The fourth-order valence-corrected chi connectivity index (χ4v) is 5.28. The number of rotatable bonds is 5. The number of nitrogens with zero attached hydrogens (tertiary/aromatic N) is 2. The molecule has 30 heavy (non-hydrogen) atoms. The van der Waals surface area contributed by atoms with Gasteiger partial charge in [-0.15, -0.1) is 0 Å². The Morgan fingerprint density at radius 2 is 2.00 bits per heavy atom. The monoisotopic (exact) mass is 424 g/mol. The summed E-state index contributed by atoms with van der Waals surface area (Å²) in [5.41, 5.74) is 2.12. The van der Waals surface area contributed by atoms with E-state index in [2.05, 4.69) is 21.7 Å². The summed E-state index contributed by atoms with van der Waals surface area (Å²) < 4.78 is 19.4. The van der Waals surface area contributed by atoms with Crippen molar-refractivity contribution in [2.75, 3.05) is 25.0 Å². The van der Waals surface area contributed by atoms with Gasteiger partial charge in [0.25, 0.3) is 0 Å². The van der Waals surface area contributed by atoms with Crippen LogP contribution in [0.2, 0.25) is 0 Å². The number of piperidine rings is 1. The molecular weight excluding hydrogens is 399 g/mol. The maximum Gasteiger partial charge on any atom is 0.188 e. The Labute approximate surface area is 179 Å². The summed E-state index contributed by atoms with van der Waals surface area (Å²) >= 11 is 1.53. The molecule has 0 aliphatic carbocycles. The first-order valence-corrected chi connectivity index (χ1v) is 11.3. The van der Waals surface area contributed by atoms with Crippen LogP contribution in [0.4, 0.5) is 15.3 Å². The number of aromatic nitrogens is 2. The highest BCUT2D eigenvalue weighted by molar-refractivity contribution is 7.18. The van der Waals surface area contributed by atoms with E-state index in [1.807, 2.05) is 12.1 Å². The normalized spacial score (nSPS) is 20.5. The minimum absolute atomic E-state index is 0.0867. The van der Waals surface area contributed by atoms with Crippen molar-refractivity contribution in [3.05, 3.63) is 60.2 Å². The molecule has 0 amide bonds. The number of hydrogen-bond donors (Lipinski definition) is 2. The largest absolute Gasteiger partial charge is 0.375 e. The summed E-state index contributed by atoms with van der Waals surface area (Å²) in [7, 11) is 0. The highest BCUT2D eigenvalue weighted by Crippen LogP contribution is 2.38. The van der Waals surface area contributed by atoms with Gasteiger partial charge in [0.2, 0.25) is 0 Å². The molecule has 2 saturated heterocycles. The third-order valence-corrected chi connectivity index (χ3v) is 6.94. The van der Waals surface area contributed by atoms with E-state index >= 15 is 0 Å². The predicted octanol–water partition coefficient (Wildman–Crippen LogP) is 4.79. The van der Waals surface area contributed by atoms with Crippen molar-refractivity contribution < 1.29 is 9.13 Å². The van der Waals surface area contributed by atoms with Crippen molar-refractivity contribution in [2.24, 2.45) is 5.92 Å². The number of thiazole rings is 1. The number of pyridine rings is 1. The Kier molecular flexibility index (Phi) is 5.50. The molecule has 1 aromatic carbocycles. The molecular formula is C23H25FN4OS. The molecule has 4 heterocycles. The molecule has 5 nitrogen and oxygen atoms in total. The maximum atomic E-state index is 13.1. The van der Waals surface area contributed by atoms with E-state index in [1.54, 1.807) is 18.3 Å². The van der Waals surface area contributed by atoms with Crippen molar-refractivity contribution in [1.29, 1.82) is 0 Å². The second-order valence-corrected chi connectivity index (χ2v) is 9.22. The zero-order valence-corrected chi connectivity index (χ0v) is 17.6. The van der Waals surface area contributed by atoms with Gasteiger partial charge < -0.3 is 15.4 Å². The van der Waals surface area contributed by atoms with Crippen LogP contribution in [0, 0.1) is 11.7 Å². The first kappa shape index (κ1) is 19.6. The average Bonchev–Trinajstić information content (AvgIpc) is 3.37. The molecule has 3 aromatic rings. The SMILES string of the molecule is Fc1ccc(-c2cnc(Nc3cccc(CC4COC5(CCNCC5)C4)n3)s2)cc1. The molecule has 2 aliphatic rings. The van der Waals surface area contributed by atoms with Crippen molar-refractivity contribution in [2.45, 2.75) is 31.3 Å². The zero-order valence-electron chi connectivity index (χ0n) is 16.7. The molecule has 1 spiro atoms. The van der Waals surface area contributed by atoms with Crippen LogP contribution < -0.4 is 10.6 Å². The van der Waals surface area contributed by atoms with Crippen LogP contribution in [0.1, 0.15) is 25.0 Å². The van der Waals surface area contributed by atoms with Crippen molar-refractivity contribution >= 4 is 22.3 Å². The van der Waals surface area contributed by atoms with Crippen LogP contribution >= 0.6 is 11.3 Å². The van der Waals surface area contributed by atoms with Crippen molar-refractivity contribution in [3.8, 4) is 10.4 Å². The molecule has 1 unspecified atom stereocenters. The second-order valence-electron chi connectivity index (χ2n) is 8.19. The third kappa shape index (κ3) is 4.38. The van der Waals surface area contributed by atoms with Gasteiger partial charge in [-0.05, 0) is 74.5 Å². The van der Waals surface area contributed by atoms with Gasteiger partial charge in [-0.3, -0.25) is 0 Å². The van der Waals surface area contributed by atoms with E-state index in [-0.39, 0.29) is 11.4 Å². The first-order valence-electron chi connectivity index (χ1n) is 10.5. The van der Waals surface area contributed by atoms with Crippen molar-refractivity contribution in [3.63, 3.8) is 0 Å². The number of hydrogen-bond acceptors (Lipinski definition) is 6. The van der Waals surface area contributed by atoms with Gasteiger partial charge in [-0.25, -0.2) is 14.4 Å². The van der Waals surface area contributed by atoms with Gasteiger partial charge in [0, 0.05) is 11.9 Å². The summed E-state index contributed by atoms with van der Waals surface area (Å²) in [6.07, 6.45) is 6.08. The number of anilines is 2. The zero-order chi connectivity index (χ0) is 20.4. The average molecular weight is 425 g/mol. The van der Waals surface area contributed by atoms with Crippen LogP contribution in [0.15, 0.2) is 48.7 Å². The summed E-state index contributed by atoms with van der Waals surface area (Å²) in [5.74, 6) is 1.08. The van der Waals surface area contributed by atoms with Crippen LogP contribution in [0.5, 0.6) is 0 Å². The fourth-order valence-electron chi connectivity index (χ4n) is 4.45. The number of halogens is 1. The lowest BCUT2D eigenvalue weighted by atomic mass is 9.85. The standard InChI is InChI=1S/C23H25FN4OS/c24-18-6-4-17(5-7-18)20-14-26-22(30-20)28-21-3-1-2-19(27-21)12-16-13-23(29-15-16)8-10-25-11-9-23/h1-7,14,16,25H,8-13,15H2,(H,26,27,28). The number of ether oxygens (including phenoxy) is 1. The molecule has 5 rings (SSSR count). The van der Waals surface area contributed by atoms with Gasteiger partial charge in [-0.1, -0.05) is 29.5 Å². The van der Waals surface area contributed by atoms with E-state index in [0.29, 0.717) is 5.92 Å². The van der Waals surface area contributed by atoms with Gasteiger partial charge in [0.1, 0.15) is 11.6 Å². The summed E-state index contributed by atoms with van der Waals surface area (Å²) in [6, 6.07) is 12.6. The van der Waals surface area contributed by atoms with E-state index in [0.717, 1.165) is 72.5 Å². The Bertz CT molecular complexity index is 1000. The lowest BCUT2D eigenvalue weighted by Gasteiger charge is -2.33. The Morgan fingerprint density at radius 1 is 1.17 bits per heavy atom. The van der Waals surface area contributed by atoms with Gasteiger partial charge >= 0.3 is 0 Å². The van der Waals surface area contributed by atoms with Gasteiger partial charge in [-0.2, -0.15) is 0 Å². The molecule has 2 N–H and O–H groups in total. The van der Waals surface area contributed by atoms with E-state index < -0.39 is 0 Å².